The highest BCUT2D eigenvalue weighted by atomic mass is 127. The molecule has 0 aromatic heterocycles. The van der Waals surface area contributed by atoms with Crippen LogP contribution >= 0.6 is 24.0 Å². The molecular weight excluding hydrogens is 465 g/mol. The highest BCUT2D eigenvalue weighted by Crippen LogP contribution is 2.21. The molecule has 0 spiro atoms. The van der Waals surface area contributed by atoms with E-state index in [9.17, 15) is 4.79 Å². The maximum absolute atomic E-state index is 11.3. The van der Waals surface area contributed by atoms with Gasteiger partial charge in [-0.15, -0.1) is 24.0 Å². The highest BCUT2D eigenvalue weighted by Gasteiger charge is 2.15. The van der Waals surface area contributed by atoms with Crippen molar-refractivity contribution < 1.29 is 9.53 Å². The van der Waals surface area contributed by atoms with E-state index in [1.807, 2.05) is 14.0 Å². The molecule has 1 N–H and O–H groups in total. The average Bonchev–Trinajstić information content (AvgIpc) is 2.71. The molecule has 0 saturated heterocycles. The second-order valence-corrected chi connectivity index (χ2v) is 6.73. The number of hydrogen-bond donors (Lipinski definition) is 1. The normalized spacial score (nSPS) is 14.1. The molecule has 28 heavy (non-hydrogen) atoms. The van der Waals surface area contributed by atoms with Gasteiger partial charge in [0.1, 0.15) is 0 Å². The summed E-state index contributed by atoms with van der Waals surface area (Å²) in [4.78, 5) is 18.0. The summed E-state index contributed by atoms with van der Waals surface area (Å²) < 4.78 is 4.94. The molecule has 1 aliphatic heterocycles. The third kappa shape index (κ3) is 8.63. The van der Waals surface area contributed by atoms with E-state index in [4.69, 9.17) is 4.74 Å². The lowest BCUT2D eigenvalue weighted by molar-refractivity contribution is -0.143. The van der Waals surface area contributed by atoms with Crippen LogP contribution in [0.25, 0.3) is 5.57 Å². The fourth-order valence-electron chi connectivity index (χ4n) is 3.29. The Morgan fingerprint density at radius 2 is 1.93 bits per heavy atom. The van der Waals surface area contributed by atoms with Crippen LogP contribution in [0.1, 0.15) is 51.0 Å². The summed E-state index contributed by atoms with van der Waals surface area (Å²) in [7, 11) is 1.85. The van der Waals surface area contributed by atoms with Crippen molar-refractivity contribution in [3.8, 4) is 0 Å². The summed E-state index contributed by atoms with van der Waals surface area (Å²) in [6.45, 7) is 5.11. The number of rotatable bonds is 9. The Morgan fingerprint density at radius 1 is 1.18 bits per heavy atom. The number of benzene rings is 1. The van der Waals surface area contributed by atoms with Gasteiger partial charge in [0.05, 0.1) is 6.61 Å². The largest absolute Gasteiger partial charge is 0.466 e. The van der Waals surface area contributed by atoms with E-state index in [-0.39, 0.29) is 29.9 Å². The van der Waals surface area contributed by atoms with Crippen LogP contribution in [0.3, 0.4) is 0 Å². The Kier molecular flexibility index (Phi) is 12.6. The zero-order valence-electron chi connectivity index (χ0n) is 17.2. The molecule has 1 aliphatic rings. The molecule has 156 valence electrons. The molecule has 0 fully saturated rings. The van der Waals surface area contributed by atoms with Crippen molar-refractivity contribution in [3.63, 3.8) is 0 Å². The topological polar surface area (TPSA) is 53.9 Å². The Morgan fingerprint density at radius 3 is 2.57 bits per heavy atom. The van der Waals surface area contributed by atoms with Gasteiger partial charge in [-0.25, -0.2) is 0 Å². The average molecular weight is 499 g/mol. The van der Waals surface area contributed by atoms with Crippen molar-refractivity contribution in [1.82, 2.24) is 10.2 Å². The number of carbonyl (C=O) groups is 1. The van der Waals surface area contributed by atoms with Crippen LogP contribution in [-0.2, 0) is 9.53 Å². The lowest BCUT2D eigenvalue weighted by atomic mass is 10.00. The minimum absolute atomic E-state index is 0. The summed E-state index contributed by atoms with van der Waals surface area (Å²) in [5, 5.41) is 3.47. The second kappa shape index (κ2) is 14.4. The van der Waals surface area contributed by atoms with Crippen LogP contribution in [0, 0.1) is 0 Å². The van der Waals surface area contributed by atoms with Crippen LogP contribution in [0.5, 0.6) is 0 Å². The van der Waals surface area contributed by atoms with Crippen molar-refractivity contribution in [2.45, 2.75) is 45.4 Å². The maximum Gasteiger partial charge on any atom is 0.305 e. The van der Waals surface area contributed by atoms with Crippen molar-refractivity contribution in [1.29, 1.82) is 0 Å². The fourth-order valence-corrected chi connectivity index (χ4v) is 3.29. The van der Waals surface area contributed by atoms with Gasteiger partial charge in [-0.2, -0.15) is 0 Å². The number of esters is 1. The molecule has 0 radical (unpaired) electrons. The molecule has 1 aromatic rings. The first-order chi connectivity index (χ1) is 13.2. The molecule has 5 nitrogen and oxygen atoms in total. The molecule has 0 atom stereocenters. The third-order valence-electron chi connectivity index (χ3n) is 4.76. The molecule has 0 amide bonds. The number of guanidine groups is 1. The lowest BCUT2D eigenvalue weighted by Crippen LogP contribution is -2.43. The fraction of sp³-hybridized carbons (Fsp3) is 0.545. The number of hydrogen-bond acceptors (Lipinski definition) is 3. The summed E-state index contributed by atoms with van der Waals surface area (Å²) in [6, 6.07) is 10.6. The molecule has 0 unspecified atom stereocenters. The van der Waals surface area contributed by atoms with E-state index >= 15 is 0 Å². The van der Waals surface area contributed by atoms with Crippen LogP contribution in [0.4, 0.5) is 0 Å². The minimum Gasteiger partial charge on any atom is -0.466 e. The maximum atomic E-state index is 11.3. The van der Waals surface area contributed by atoms with Gasteiger partial charge in [0.15, 0.2) is 5.96 Å². The zero-order chi connectivity index (χ0) is 19.3. The second-order valence-electron chi connectivity index (χ2n) is 6.73. The SMILES string of the molecule is CCOC(=O)CCCCCCNC(=NC)N1CC=C(c2ccccc2)CC1.I. The van der Waals surface area contributed by atoms with Crippen LogP contribution in [0.15, 0.2) is 41.4 Å². The van der Waals surface area contributed by atoms with Gasteiger partial charge in [-0.05, 0) is 37.3 Å². The zero-order valence-corrected chi connectivity index (χ0v) is 19.5. The number of carbonyl (C=O) groups excluding carboxylic acids is 1. The van der Waals surface area contributed by atoms with E-state index in [1.165, 1.54) is 11.1 Å². The molecule has 1 aromatic carbocycles. The third-order valence-corrected chi connectivity index (χ3v) is 4.76. The number of aliphatic imine (C=N–C) groups is 1. The van der Waals surface area contributed by atoms with Crippen molar-refractivity contribution >= 4 is 41.5 Å². The Balaban J connectivity index is 0.00000392. The monoisotopic (exact) mass is 499 g/mol. The Hall–Kier alpha value is -1.57. The van der Waals surface area contributed by atoms with Gasteiger partial charge in [0.25, 0.3) is 0 Å². The summed E-state index contributed by atoms with van der Waals surface area (Å²) in [5.41, 5.74) is 2.74. The molecular formula is C22H34IN3O2. The van der Waals surface area contributed by atoms with Gasteiger partial charge < -0.3 is 15.0 Å². The minimum atomic E-state index is -0.0796. The Bertz CT molecular complexity index is 632. The number of ether oxygens (including phenoxy) is 1. The summed E-state index contributed by atoms with van der Waals surface area (Å²) in [6.07, 6.45) is 8.05. The molecule has 0 bridgehead atoms. The number of nitrogens with one attached hydrogen (secondary N) is 1. The summed E-state index contributed by atoms with van der Waals surface area (Å²) in [5.74, 6) is 0.897. The van der Waals surface area contributed by atoms with Crippen LogP contribution in [0.2, 0.25) is 0 Å². The van der Waals surface area contributed by atoms with Crippen molar-refractivity contribution in [2.75, 3.05) is 33.3 Å². The molecule has 0 saturated carbocycles. The highest BCUT2D eigenvalue weighted by molar-refractivity contribution is 14.0. The number of nitrogens with zero attached hydrogens (tertiary/aromatic N) is 2. The molecule has 0 aliphatic carbocycles. The van der Waals surface area contributed by atoms with E-state index in [0.29, 0.717) is 13.0 Å². The van der Waals surface area contributed by atoms with E-state index in [1.54, 1.807) is 0 Å². The van der Waals surface area contributed by atoms with Gasteiger partial charge in [0, 0.05) is 33.1 Å². The molecule has 6 heteroatoms. The van der Waals surface area contributed by atoms with Gasteiger partial charge in [0.2, 0.25) is 0 Å². The van der Waals surface area contributed by atoms with E-state index in [2.05, 4.69) is 51.6 Å². The standard InChI is InChI=1S/C22H33N3O2.HI/c1-3-27-21(26)13-9-4-5-10-16-24-22(23-2)25-17-14-20(15-18-25)19-11-7-6-8-12-19;/h6-8,11-12,14H,3-5,9-10,13,15-18H2,1-2H3,(H,23,24);1H. The summed E-state index contributed by atoms with van der Waals surface area (Å²) >= 11 is 0. The smallest absolute Gasteiger partial charge is 0.305 e. The molecule has 1 heterocycles. The predicted molar refractivity (Wildman–Crippen MR) is 127 cm³/mol. The first-order valence-corrected chi connectivity index (χ1v) is 10.1. The number of halogens is 1. The van der Waals surface area contributed by atoms with Gasteiger partial charge in [-0.3, -0.25) is 9.79 Å². The molecule has 2 rings (SSSR count). The van der Waals surface area contributed by atoms with Crippen molar-refractivity contribution in [2.24, 2.45) is 4.99 Å². The first-order valence-electron chi connectivity index (χ1n) is 10.1. The number of unbranched alkanes of at least 4 members (excludes halogenated alkanes) is 3. The first kappa shape index (κ1) is 24.5. The van der Waals surface area contributed by atoms with E-state index in [0.717, 1.165) is 57.7 Å². The van der Waals surface area contributed by atoms with Crippen molar-refractivity contribution in [3.05, 3.63) is 42.0 Å². The Labute approximate surface area is 186 Å². The van der Waals surface area contributed by atoms with Crippen LogP contribution < -0.4 is 5.32 Å². The van der Waals surface area contributed by atoms with Gasteiger partial charge >= 0.3 is 5.97 Å². The van der Waals surface area contributed by atoms with Crippen LogP contribution in [-0.4, -0.2) is 50.1 Å². The lowest BCUT2D eigenvalue weighted by Gasteiger charge is -2.29. The quantitative estimate of drug-likeness (QED) is 0.179. The van der Waals surface area contributed by atoms with E-state index < -0.39 is 0 Å². The van der Waals surface area contributed by atoms with Gasteiger partial charge in [-0.1, -0.05) is 49.2 Å². The predicted octanol–water partition coefficient (Wildman–Crippen LogP) is 4.48.